The van der Waals surface area contributed by atoms with Gasteiger partial charge in [0.05, 0.1) is 24.6 Å². The molecule has 3 aromatic rings. The molecule has 1 aromatic heterocycles. The van der Waals surface area contributed by atoms with Gasteiger partial charge < -0.3 is 4.74 Å². The summed E-state index contributed by atoms with van der Waals surface area (Å²) in [5, 5.41) is 6.79. The van der Waals surface area contributed by atoms with Gasteiger partial charge in [0.15, 0.2) is 0 Å². The zero-order chi connectivity index (χ0) is 18.4. The van der Waals surface area contributed by atoms with Crippen molar-refractivity contribution in [2.24, 2.45) is 5.10 Å². The van der Waals surface area contributed by atoms with Crippen LogP contribution in [0.1, 0.15) is 25.0 Å². The molecule has 134 valence electrons. The Kier molecular flexibility index (Phi) is 6.09. The average Bonchev–Trinajstić information content (AvgIpc) is 3.10. The molecular weight excluding hydrogens is 349 g/mol. The average molecular weight is 369 g/mol. The molecule has 1 heterocycles. The minimum Gasteiger partial charge on any atom is -0.374 e. The van der Waals surface area contributed by atoms with Gasteiger partial charge in [-0.2, -0.15) is 5.10 Å². The number of nitrogens with zero attached hydrogens (tertiary/aromatic N) is 2. The van der Waals surface area contributed by atoms with Crippen LogP contribution in [-0.4, -0.2) is 17.3 Å². The molecule has 0 aliphatic rings. The fourth-order valence-corrected chi connectivity index (χ4v) is 2.91. The standard InChI is InChI=1S/C20H20FN3OS/c1-14(2)25-12-17-9-8-15(10-18(17)21)11-22-24-20-23-19(13-26-20)16-6-4-3-5-7-16/h3-11,13-14H,12H2,1-2H3,(H,23,24). The molecule has 4 nitrogen and oxygen atoms in total. The second kappa shape index (κ2) is 8.69. The third kappa shape index (κ3) is 4.97. The molecule has 1 N–H and O–H groups in total. The summed E-state index contributed by atoms with van der Waals surface area (Å²) >= 11 is 1.47. The van der Waals surface area contributed by atoms with Gasteiger partial charge in [0, 0.05) is 16.5 Å². The van der Waals surface area contributed by atoms with Gasteiger partial charge in [0.1, 0.15) is 5.82 Å². The van der Waals surface area contributed by atoms with Crippen molar-refractivity contribution in [2.45, 2.75) is 26.6 Å². The van der Waals surface area contributed by atoms with Crippen molar-refractivity contribution in [3.63, 3.8) is 0 Å². The van der Waals surface area contributed by atoms with Crippen LogP contribution in [0, 0.1) is 5.82 Å². The van der Waals surface area contributed by atoms with E-state index in [-0.39, 0.29) is 18.5 Å². The normalized spacial score (nSPS) is 11.4. The second-order valence-electron chi connectivity index (χ2n) is 5.98. The smallest absolute Gasteiger partial charge is 0.203 e. The largest absolute Gasteiger partial charge is 0.374 e. The van der Waals surface area contributed by atoms with Crippen molar-refractivity contribution in [3.05, 3.63) is 70.9 Å². The topological polar surface area (TPSA) is 46.5 Å². The summed E-state index contributed by atoms with van der Waals surface area (Å²) in [6.45, 7) is 4.11. The molecule has 3 rings (SSSR count). The van der Waals surface area contributed by atoms with Gasteiger partial charge in [-0.15, -0.1) is 11.3 Å². The van der Waals surface area contributed by atoms with Crippen LogP contribution in [0.25, 0.3) is 11.3 Å². The summed E-state index contributed by atoms with van der Waals surface area (Å²) in [5.41, 5.74) is 6.05. The number of hydrazone groups is 1. The highest BCUT2D eigenvalue weighted by Gasteiger charge is 2.05. The Morgan fingerprint density at radius 3 is 2.77 bits per heavy atom. The van der Waals surface area contributed by atoms with E-state index >= 15 is 0 Å². The Bertz CT molecular complexity index is 878. The Hall–Kier alpha value is -2.57. The lowest BCUT2D eigenvalue weighted by Gasteiger charge is -2.08. The lowest BCUT2D eigenvalue weighted by molar-refractivity contribution is 0.0639. The number of rotatable bonds is 7. The van der Waals surface area contributed by atoms with Crippen LogP contribution in [0.5, 0.6) is 0 Å². The highest BCUT2D eigenvalue weighted by atomic mass is 32.1. The molecule has 2 aromatic carbocycles. The Balaban J connectivity index is 1.60. The number of benzene rings is 2. The van der Waals surface area contributed by atoms with E-state index in [0.717, 1.165) is 11.3 Å². The van der Waals surface area contributed by atoms with Gasteiger partial charge in [0.2, 0.25) is 5.13 Å². The lowest BCUT2D eigenvalue weighted by Crippen LogP contribution is -2.04. The fraction of sp³-hybridized carbons (Fsp3) is 0.200. The first-order valence-corrected chi connectivity index (χ1v) is 9.20. The van der Waals surface area contributed by atoms with Crippen molar-refractivity contribution in [2.75, 3.05) is 5.43 Å². The zero-order valence-corrected chi connectivity index (χ0v) is 15.5. The zero-order valence-electron chi connectivity index (χ0n) is 14.6. The molecule has 0 amide bonds. The second-order valence-corrected chi connectivity index (χ2v) is 6.84. The van der Waals surface area contributed by atoms with Gasteiger partial charge in [-0.1, -0.05) is 42.5 Å². The van der Waals surface area contributed by atoms with Crippen molar-refractivity contribution in [3.8, 4) is 11.3 Å². The lowest BCUT2D eigenvalue weighted by atomic mass is 10.1. The summed E-state index contributed by atoms with van der Waals surface area (Å²) in [6, 6.07) is 14.9. The first kappa shape index (κ1) is 18.2. The summed E-state index contributed by atoms with van der Waals surface area (Å²) in [5.74, 6) is -0.296. The molecule has 0 bridgehead atoms. The van der Waals surface area contributed by atoms with E-state index in [2.05, 4.69) is 15.5 Å². The molecular formula is C20H20FN3OS. The molecule has 0 atom stereocenters. The van der Waals surface area contributed by atoms with Crippen LogP contribution in [0.4, 0.5) is 9.52 Å². The van der Waals surface area contributed by atoms with Gasteiger partial charge >= 0.3 is 0 Å². The van der Waals surface area contributed by atoms with Crippen molar-refractivity contribution in [1.82, 2.24) is 4.98 Å². The van der Waals surface area contributed by atoms with Gasteiger partial charge in [0.25, 0.3) is 0 Å². The third-order valence-corrected chi connectivity index (χ3v) is 4.34. The Labute approximate surface area is 156 Å². The van der Waals surface area contributed by atoms with Crippen LogP contribution in [-0.2, 0) is 11.3 Å². The Morgan fingerprint density at radius 1 is 1.23 bits per heavy atom. The van der Waals surface area contributed by atoms with Crippen molar-refractivity contribution < 1.29 is 9.13 Å². The van der Waals surface area contributed by atoms with E-state index in [4.69, 9.17) is 4.74 Å². The number of anilines is 1. The minimum atomic E-state index is -0.296. The number of aromatic nitrogens is 1. The van der Waals surface area contributed by atoms with E-state index in [0.29, 0.717) is 16.3 Å². The summed E-state index contributed by atoms with van der Waals surface area (Å²) in [6.07, 6.45) is 1.64. The van der Waals surface area contributed by atoms with Crippen LogP contribution in [0.15, 0.2) is 59.0 Å². The first-order chi connectivity index (χ1) is 12.6. The molecule has 6 heteroatoms. The van der Waals surface area contributed by atoms with E-state index < -0.39 is 0 Å². The highest BCUT2D eigenvalue weighted by molar-refractivity contribution is 7.14. The van der Waals surface area contributed by atoms with Crippen LogP contribution in [0.2, 0.25) is 0 Å². The van der Waals surface area contributed by atoms with Crippen LogP contribution >= 0.6 is 11.3 Å². The quantitative estimate of drug-likeness (QED) is 0.453. The van der Waals surface area contributed by atoms with Gasteiger partial charge in [-0.05, 0) is 25.5 Å². The maximum Gasteiger partial charge on any atom is 0.203 e. The first-order valence-electron chi connectivity index (χ1n) is 8.32. The summed E-state index contributed by atoms with van der Waals surface area (Å²) < 4.78 is 19.5. The molecule has 0 unspecified atom stereocenters. The van der Waals surface area contributed by atoms with Crippen molar-refractivity contribution >= 4 is 22.7 Å². The van der Waals surface area contributed by atoms with E-state index in [1.807, 2.05) is 55.6 Å². The number of thiazole rings is 1. The van der Waals surface area contributed by atoms with Crippen LogP contribution in [0.3, 0.4) is 0 Å². The minimum absolute atomic E-state index is 0.0684. The highest BCUT2D eigenvalue weighted by Crippen LogP contribution is 2.24. The van der Waals surface area contributed by atoms with E-state index in [1.54, 1.807) is 12.3 Å². The third-order valence-electron chi connectivity index (χ3n) is 3.60. The molecule has 0 aliphatic heterocycles. The number of nitrogens with one attached hydrogen (secondary N) is 1. The van der Waals surface area contributed by atoms with Gasteiger partial charge in [-0.3, -0.25) is 5.43 Å². The monoisotopic (exact) mass is 369 g/mol. The Morgan fingerprint density at radius 2 is 2.04 bits per heavy atom. The fourth-order valence-electron chi connectivity index (χ4n) is 2.25. The van der Waals surface area contributed by atoms with E-state index in [1.165, 1.54) is 17.4 Å². The predicted octanol–water partition coefficient (Wildman–Crippen LogP) is 5.32. The van der Waals surface area contributed by atoms with E-state index in [9.17, 15) is 4.39 Å². The molecule has 0 fully saturated rings. The predicted molar refractivity (Wildman–Crippen MR) is 105 cm³/mol. The number of ether oxygens (including phenoxy) is 1. The van der Waals surface area contributed by atoms with Crippen molar-refractivity contribution in [1.29, 1.82) is 0 Å². The molecule has 0 spiro atoms. The molecule has 0 aliphatic carbocycles. The summed E-state index contributed by atoms with van der Waals surface area (Å²) in [7, 11) is 0. The number of hydrogen-bond donors (Lipinski definition) is 1. The molecule has 0 radical (unpaired) electrons. The maximum atomic E-state index is 14.1. The number of hydrogen-bond acceptors (Lipinski definition) is 5. The SMILES string of the molecule is CC(C)OCc1ccc(C=NNc2nc(-c3ccccc3)cs2)cc1F. The molecule has 26 heavy (non-hydrogen) atoms. The van der Waals surface area contributed by atoms with Gasteiger partial charge in [-0.25, -0.2) is 9.37 Å². The molecule has 0 saturated heterocycles. The summed E-state index contributed by atoms with van der Waals surface area (Å²) in [4.78, 5) is 4.49. The molecule has 0 saturated carbocycles. The number of halogens is 1. The van der Waals surface area contributed by atoms with Crippen LogP contribution < -0.4 is 5.43 Å². The maximum absolute atomic E-state index is 14.1.